The summed E-state index contributed by atoms with van der Waals surface area (Å²) in [6.07, 6.45) is 2.26. The van der Waals surface area contributed by atoms with Crippen molar-refractivity contribution in [2.75, 3.05) is 12.3 Å². The van der Waals surface area contributed by atoms with E-state index in [0.717, 1.165) is 5.56 Å². The van der Waals surface area contributed by atoms with Gasteiger partial charge in [0.25, 0.3) is 0 Å². The Bertz CT molecular complexity index is 522. The van der Waals surface area contributed by atoms with Crippen molar-refractivity contribution in [1.82, 2.24) is 4.72 Å². The number of nitrogens with one attached hydrogen (secondary N) is 1. The topological polar surface area (TPSA) is 72.2 Å². The minimum Gasteiger partial charge on any atom is -0.398 e. The van der Waals surface area contributed by atoms with Gasteiger partial charge in [0, 0.05) is 12.2 Å². The highest BCUT2D eigenvalue weighted by molar-refractivity contribution is 7.89. The molecule has 1 aromatic rings. The van der Waals surface area contributed by atoms with E-state index in [2.05, 4.69) is 11.3 Å². The zero-order chi connectivity index (χ0) is 13.1. The van der Waals surface area contributed by atoms with Gasteiger partial charge < -0.3 is 5.73 Å². The lowest BCUT2D eigenvalue weighted by Gasteiger charge is -2.12. The number of benzene rings is 1. The van der Waals surface area contributed by atoms with E-state index >= 15 is 0 Å². The van der Waals surface area contributed by atoms with Crippen LogP contribution in [0.15, 0.2) is 29.7 Å². The third-order valence-electron chi connectivity index (χ3n) is 2.61. The number of nitrogen functional groups attached to an aromatic ring is 1. The molecule has 94 valence electrons. The summed E-state index contributed by atoms with van der Waals surface area (Å²) in [5.41, 5.74) is 7.83. The van der Waals surface area contributed by atoms with E-state index in [1.54, 1.807) is 25.1 Å². The first-order chi connectivity index (χ1) is 7.90. The van der Waals surface area contributed by atoms with Crippen molar-refractivity contribution in [2.24, 2.45) is 0 Å². The normalized spacial score (nSPS) is 11.4. The predicted octanol–water partition coefficient (Wildman–Crippen LogP) is 1.74. The largest absolute Gasteiger partial charge is 0.398 e. The molecule has 3 N–H and O–H groups in total. The van der Waals surface area contributed by atoms with Crippen molar-refractivity contribution in [3.05, 3.63) is 35.9 Å². The van der Waals surface area contributed by atoms with E-state index in [9.17, 15) is 8.42 Å². The van der Waals surface area contributed by atoms with Crippen molar-refractivity contribution in [2.45, 2.75) is 25.2 Å². The van der Waals surface area contributed by atoms with Crippen LogP contribution < -0.4 is 10.5 Å². The van der Waals surface area contributed by atoms with Gasteiger partial charge in [-0.15, -0.1) is 6.58 Å². The lowest BCUT2D eigenvalue weighted by Crippen LogP contribution is -2.25. The fraction of sp³-hybridized carbons (Fsp3) is 0.333. The molecule has 0 saturated carbocycles. The minimum absolute atomic E-state index is 0.240. The highest BCUT2D eigenvalue weighted by atomic mass is 32.2. The van der Waals surface area contributed by atoms with E-state index in [0.29, 0.717) is 24.2 Å². The molecule has 0 saturated heterocycles. The second-order valence-electron chi connectivity index (χ2n) is 3.89. The molecule has 0 aliphatic rings. The summed E-state index contributed by atoms with van der Waals surface area (Å²) in [5.74, 6) is 0. The van der Waals surface area contributed by atoms with Gasteiger partial charge in [-0.3, -0.25) is 0 Å². The Morgan fingerprint density at radius 2 is 2.06 bits per heavy atom. The van der Waals surface area contributed by atoms with Crippen LogP contribution in [0.2, 0.25) is 0 Å². The van der Waals surface area contributed by atoms with Crippen molar-refractivity contribution in [3.8, 4) is 0 Å². The molecule has 0 amide bonds. The second kappa shape index (κ2) is 5.33. The molecule has 1 aromatic carbocycles. The highest BCUT2D eigenvalue weighted by Gasteiger charge is 2.17. The number of nitrogens with two attached hydrogens (primary N) is 1. The van der Waals surface area contributed by atoms with Gasteiger partial charge in [-0.05, 0) is 37.5 Å². The van der Waals surface area contributed by atoms with E-state index in [-0.39, 0.29) is 4.90 Å². The third-order valence-corrected chi connectivity index (χ3v) is 4.22. The molecule has 0 unspecified atom stereocenters. The Morgan fingerprint density at radius 1 is 1.41 bits per heavy atom. The first-order valence-corrected chi connectivity index (χ1v) is 6.84. The zero-order valence-corrected chi connectivity index (χ0v) is 11.0. The second-order valence-corrected chi connectivity index (χ2v) is 5.63. The summed E-state index contributed by atoms with van der Waals surface area (Å²) >= 11 is 0. The number of aryl methyl sites for hydroxylation is 1. The fourth-order valence-corrected chi connectivity index (χ4v) is 2.81. The quantitative estimate of drug-likeness (QED) is 0.477. The smallest absolute Gasteiger partial charge is 0.240 e. The van der Waals surface area contributed by atoms with Crippen molar-refractivity contribution in [3.63, 3.8) is 0 Å². The van der Waals surface area contributed by atoms with Gasteiger partial charge >= 0.3 is 0 Å². The lowest BCUT2D eigenvalue weighted by atomic mass is 10.1. The molecule has 0 aromatic heterocycles. The Kier molecular flexibility index (Phi) is 4.31. The molecule has 5 heteroatoms. The summed E-state index contributed by atoms with van der Waals surface area (Å²) in [4.78, 5) is 0.240. The van der Waals surface area contributed by atoms with Crippen LogP contribution in [0.1, 0.15) is 17.5 Å². The molecule has 0 spiro atoms. The third kappa shape index (κ3) is 3.08. The van der Waals surface area contributed by atoms with Gasteiger partial charge in [0.05, 0.1) is 4.90 Å². The standard InChI is InChI=1S/C12H18N2O2S/c1-4-5-8-14-17(15,16)11-7-6-9(2)12(13)10(11)3/h4,6-7,14H,1,5,8,13H2,2-3H3. The van der Waals surface area contributed by atoms with Crippen LogP contribution in [-0.4, -0.2) is 15.0 Å². The highest BCUT2D eigenvalue weighted by Crippen LogP contribution is 2.23. The van der Waals surface area contributed by atoms with Crippen LogP contribution in [-0.2, 0) is 10.0 Å². The van der Waals surface area contributed by atoms with E-state index in [4.69, 9.17) is 5.73 Å². The van der Waals surface area contributed by atoms with Gasteiger partial charge in [-0.2, -0.15) is 0 Å². The Hall–Kier alpha value is -1.33. The van der Waals surface area contributed by atoms with Gasteiger partial charge in [0.2, 0.25) is 10.0 Å². The molecule has 0 aliphatic heterocycles. The molecule has 0 aliphatic carbocycles. The number of hydrogen-bond donors (Lipinski definition) is 2. The van der Waals surface area contributed by atoms with Crippen LogP contribution >= 0.6 is 0 Å². The summed E-state index contributed by atoms with van der Waals surface area (Å²) < 4.78 is 26.5. The van der Waals surface area contributed by atoms with E-state index in [1.165, 1.54) is 0 Å². The molecule has 0 radical (unpaired) electrons. The van der Waals surface area contributed by atoms with Crippen LogP contribution in [0.5, 0.6) is 0 Å². The van der Waals surface area contributed by atoms with Gasteiger partial charge in [0.1, 0.15) is 0 Å². The monoisotopic (exact) mass is 254 g/mol. The Morgan fingerprint density at radius 3 is 2.65 bits per heavy atom. The SMILES string of the molecule is C=CCCNS(=O)(=O)c1ccc(C)c(N)c1C. The average molecular weight is 254 g/mol. The average Bonchev–Trinajstić information content (AvgIpc) is 2.26. The molecule has 0 fully saturated rings. The van der Waals surface area contributed by atoms with Crippen LogP contribution in [0.4, 0.5) is 5.69 Å². The molecular weight excluding hydrogens is 236 g/mol. The number of rotatable bonds is 5. The lowest BCUT2D eigenvalue weighted by molar-refractivity contribution is 0.581. The zero-order valence-electron chi connectivity index (χ0n) is 10.2. The van der Waals surface area contributed by atoms with Crippen LogP contribution in [0.25, 0.3) is 0 Å². The van der Waals surface area contributed by atoms with E-state index in [1.807, 2.05) is 6.92 Å². The van der Waals surface area contributed by atoms with Crippen molar-refractivity contribution < 1.29 is 8.42 Å². The van der Waals surface area contributed by atoms with Gasteiger partial charge in [-0.25, -0.2) is 13.1 Å². The number of anilines is 1. The first kappa shape index (κ1) is 13.7. The summed E-state index contributed by atoms with van der Waals surface area (Å²) in [5, 5.41) is 0. The molecular formula is C12H18N2O2S. The van der Waals surface area contributed by atoms with E-state index < -0.39 is 10.0 Å². The van der Waals surface area contributed by atoms with Gasteiger partial charge in [0.15, 0.2) is 0 Å². The molecule has 1 rings (SSSR count). The van der Waals surface area contributed by atoms with Crippen LogP contribution in [0.3, 0.4) is 0 Å². The summed E-state index contributed by atoms with van der Waals surface area (Å²) in [6.45, 7) is 7.45. The predicted molar refractivity (Wildman–Crippen MR) is 70.3 cm³/mol. The van der Waals surface area contributed by atoms with Crippen molar-refractivity contribution >= 4 is 15.7 Å². The first-order valence-electron chi connectivity index (χ1n) is 5.36. The Balaban J connectivity index is 3.07. The number of sulfonamides is 1. The maximum atomic E-state index is 12.0. The maximum absolute atomic E-state index is 12.0. The molecule has 0 heterocycles. The Labute approximate surface area is 103 Å². The van der Waals surface area contributed by atoms with Crippen molar-refractivity contribution in [1.29, 1.82) is 0 Å². The summed E-state index contributed by atoms with van der Waals surface area (Å²) in [6, 6.07) is 3.29. The van der Waals surface area contributed by atoms with Gasteiger partial charge in [-0.1, -0.05) is 12.1 Å². The van der Waals surface area contributed by atoms with Crippen LogP contribution in [0, 0.1) is 13.8 Å². The minimum atomic E-state index is -3.48. The maximum Gasteiger partial charge on any atom is 0.240 e. The molecule has 4 nitrogen and oxygen atoms in total. The number of hydrogen-bond acceptors (Lipinski definition) is 3. The molecule has 17 heavy (non-hydrogen) atoms. The molecule has 0 atom stereocenters. The summed E-state index contributed by atoms with van der Waals surface area (Å²) in [7, 11) is -3.48. The fourth-order valence-electron chi connectivity index (χ4n) is 1.51. The molecule has 0 bridgehead atoms.